The summed E-state index contributed by atoms with van der Waals surface area (Å²) in [6.07, 6.45) is 1.82. The second kappa shape index (κ2) is 12.2. The first kappa shape index (κ1) is 23.7. The number of aliphatic imine (C=N–C) groups is 1. The number of aryl methyl sites for hydroxylation is 1. The number of guanidine groups is 1. The summed E-state index contributed by atoms with van der Waals surface area (Å²) in [5.41, 5.74) is 3.32. The van der Waals surface area contributed by atoms with Gasteiger partial charge in [-0.25, -0.2) is 4.99 Å². The maximum absolute atomic E-state index is 6.21. The van der Waals surface area contributed by atoms with Crippen LogP contribution in [-0.2, 0) is 17.7 Å². The molecule has 0 spiro atoms. The highest BCUT2D eigenvalue weighted by Crippen LogP contribution is 2.25. The number of nitrogens with one attached hydrogen (secondary N) is 2. The molecule has 1 atom stereocenters. The van der Waals surface area contributed by atoms with E-state index < -0.39 is 0 Å². The third-order valence-corrected chi connectivity index (χ3v) is 5.33. The normalized spacial score (nSPS) is 16.0. The van der Waals surface area contributed by atoms with Gasteiger partial charge in [0, 0.05) is 25.1 Å². The first-order valence-corrected chi connectivity index (χ1v) is 11.2. The maximum Gasteiger partial charge on any atom is 0.191 e. The molecule has 2 aromatic rings. The third-order valence-electron chi connectivity index (χ3n) is 5.33. The minimum Gasteiger partial charge on any atom is -0.497 e. The Morgan fingerprint density at radius 3 is 2.66 bits per heavy atom. The number of ether oxygens (including phenoxy) is 4. The van der Waals surface area contributed by atoms with Gasteiger partial charge in [-0.05, 0) is 55.7 Å². The lowest BCUT2D eigenvalue weighted by molar-refractivity contribution is 0.140. The van der Waals surface area contributed by atoms with Gasteiger partial charge in [0.15, 0.2) is 5.96 Å². The lowest BCUT2D eigenvalue weighted by Gasteiger charge is -2.16. The third kappa shape index (κ3) is 6.79. The zero-order valence-corrected chi connectivity index (χ0v) is 19.6. The first-order valence-electron chi connectivity index (χ1n) is 11.2. The second-order valence-electron chi connectivity index (χ2n) is 7.76. The highest BCUT2D eigenvalue weighted by Gasteiger charge is 2.18. The molecule has 1 fully saturated rings. The van der Waals surface area contributed by atoms with E-state index in [1.54, 1.807) is 14.2 Å². The van der Waals surface area contributed by atoms with E-state index in [4.69, 9.17) is 23.9 Å². The van der Waals surface area contributed by atoms with E-state index in [1.165, 1.54) is 5.56 Å². The largest absolute Gasteiger partial charge is 0.497 e. The summed E-state index contributed by atoms with van der Waals surface area (Å²) in [4.78, 5) is 4.78. The Balaban J connectivity index is 1.64. The van der Waals surface area contributed by atoms with Crippen LogP contribution < -0.4 is 24.8 Å². The molecular formula is C25H35N3O4. The topological polar surface area (TPSA) is 73.3 Å². The first-order chi connectivity index (χ1) is 15.6. The molecule has 2 aromatic carbocycles. The summed E-state index contributed by atoms with van der Waals surface area (Å²) < 4.78 is 22.5. The Labute approximate surface area is 191 Å². The summed E-state index contributed by atoms with van der Waals surface area (Å²) in [5.74, 6) is 3.33. The highest BCUT2D eigenvalue weighted by molar-refractivity contribution is 5.79. The molecule has 0 amide bonds. The number of benzene rings is 2. The predicted octanol–water partition coefficient (Wildman–Crippen LogP) is 3.48. The molecule has 32 heavy (non-hydrogen) atoms. The zero-order chi connectivity index (χ0) is 22.8. The number of nitrogens with zero attached hydrogens (tertiary/aromatic N) is 1. The Morgan fingerprint density at radius 2 is 1.94 bits per heavy atom. The average Bonchev–Trinajstić information content (AvgIpc) is 3.31. The number of hydrogen-bond donors (Lipinski definition) is 2. The van der Waals surface area contributed by atoms with Gasteiger partial charge >= 0.3 is 0 Å². The fraction of sp³-hybridized carbons (Fsp3) is 0.480. The Morgan fingerprint density at radius 1 is 1.06 bits per heavy atom. The van der Waals surface area contributed by atoms with Crippen molar-refractivity contribution in [3.05, 3.63) is 53.1 Å². The second-order valence-corrected chi connectivity index (χ2v) is 7.76. The summed E-state index contributed by atoms with van der Waals surface area (Å²) in [6, 6.07) is 12.1. The molecule has 174 valence electrons. The molecule has 0 saturated carbocycles. The van der Waals surface area contributed by atoms with Gasteiger partial charge in [0.05, 0.1) is 34.0 Å². The van der Waals surface area contributed by atoms with Gasteiger partial charge in [0.2, 0.25) is 0 Å². The van der Waals surface area contributed by atoms with Crippen LogP contribution in [0.15, 0.2) is 41.4 Å². The van der Waals surface area contributed by atoms with Gasteiger partial charge in [-0.3, -0.25) is 0 Å². The average molecular weight is 442 g/mol. The molecule has 2 N–H and O–H groups in total. The van der Waals surface area contributed by atoms with Crippen LogP contribution >= 0.6 is 0 Å². The molecule has 7 heteroatoms. The van der Waals surface area contributed by atoms with Crippen LogP contribution in [0.5, 0.6) is 17.2 Å². The van der Waals surface area contributed by atoms with Crippen LogP contribution in [0, 0.1) is 6.92 Å². The smallest absolute Gasteiger partial charge is 0.191 e. The van der Waals surface area contributed by atoms with Crippen molar-refractivity contribution in [1.82, 2.24) is 10.6 Å². The van der Waals surface area contributed by atoms with Crippen molar-refractivity contribution < 1.29 is 18.9 Å². The van der Waals surface area contributed by atoms with E-state index in [9.17, 15) is 0 Å². The monoisotopic (exact) mass is 441 g/mol. The fourth-order valence-electron chi connectivity index (χ4n) is 3.59. The fourth-order valence-corrected chi connectivity index (χ4v) is 3.59. The summed E-state index contributed by atoms with van der Waals surface area (Å²) >= 11 is 0. The van der Waals surface area contributed by atoms with Gasteiger partial charge in [-0.2, -0.15) is 0 Å². The molecule has 3 rings (SSSR count). The van der Waals surface area contributed by atoms with Crippen LogP contribution in [0.1, 0.15) is 30.0 Å². The minimum atomic E-state index is 0.115. The Hall–Kier alpha value is -2.93. The van der Waals surface area contributed by atoms with Crippen LogP contribution in [0.25, 0.3) is 0 Å². The van der Waals surface area contributed by atoms with E-state index in [0.717, 1.165) is 60.3 Å². The van der Waals surface area contributed by atoms with Crippen molar-refractivity contribution in [3.63, 3.8) is 0 Å². The number of methoxy groups -OCH3 is 2. The van der Waals surface area contributed by atoms with Crippen molar-refractivity contribution in [2.45, 2.75) is 39.3 Å². The molecule has 1 unspecified atom stereocenters. The van der Waals surface area contributed by atoms with Crippen molar-refractivity contribution in [3.8, 4) is 17.2 Å². The van der Waals surface area contributed by atoms with Crippen molar-refractivity contribution in [2.75, 3.05) is 40.5 Å². The standard InChI is InChI=1S/C25H35N3O4/c1-5-26-25(27-12-10-19-15-21(29-3)8-9-23(19)30-4)28-16-20-7-6-18(2)14-24(20)32-22-11-13-31-17-22/h6-9,14-15,22H,5,10-13,16-17H2,1-4H3,(H2,26,27,28). The van der Waals surface area contributed by atoms with Crippen LogP contribution in [0.4, 0.5) is 0 Å². The molecular weight excluding hydrogens is 406 g/mol. The molecule has 7 nitrogen and oxygen atoms in total. The van der Waals surface area contributed by atoms with E-state index >= 15 is 0 Å². The molecule has 0 bridgehead atoms. The van der Waals surface area contributed by atoms with E-state index in [1.807, 2.05) is 18.2 Å². The van der Waals surface area contributed by atoms with Gasteiger partial charge in [-0.15, -0.1) is 0 Å². The van der Waals surface area contributed by atoms with Crippen LogP contribution in [0.3, 0.4) is 0 Å². The number of hydrogen-bond acceptors (Lipinski definition) is 5. The Bertz CT molecular complexity index is 895. The molecule has 1 aliphatic rings. The van der Waals surface area contributed by atoms with Crippen molar-refractivity contribution in [2.24, 2.45) is 4.99 Å². The molecule has 0 aliphatic carbocycles. The van der Waals surface area contributed by atoms with Gasteiger partial charge in [-0.1, -0.05) is 12.1 Å². The van der Waals surface area contributed by atoms with Gasteiger partial charge in [0.25, 0.3) is 0 Å². The van der Waals surface area contributed by atoms with Crippen molar-refractivity contribution in [1.29, 1.82) is 0 Å². The van der Waals surface area contributed by atoms with Gasteiger partial charge in [0.1, 0.15) is 23.4 Å². The maximum atomic E-state index is 6.21. The SMILES string of the molecule is CCNC(=NCc1ccc(C)cc1OC1CCOC1)NCCc1cc(OC)ccc1OC. The molecule has 0 radical (unpaired) electrons. The van der Waals surface area contributed by atoms with E-state index in [2.05, 4.69) is 42.7 Å². The summed E-state index contributed by atoms with van der Waals surface area (Å²) in [7, 11) is 3.35. The quantitative estimate of drug-likeness (QED) is 0.434. The van der Waals surface area contributed by atoms with Crippen LogP contribution in [-0.4, -0.2) is 52.6 Å². The highest BCUT2D eigenvalue weighted by atomic mass is 16.5. The molecule has 1 saturated heterocycles. The minimum absolute atomic E-state index is 0.115. The summed E-state index contributed by atoms with van der Waals surface area (Å²) in [5, 5.41) is 6.73. The molecule has 1 aliphatic heterocycles. The Kier molecular flexibility index (Phi) is 9.04. The predicted molar refractivity (Wildman–Crippen MR) is 127 cm³/mol. The van der Waals surface area contributed by atoms with Crippen molar-refractivity contribution >= 4 is 5.96 Å². The van der Waals surface area contributed by atoms with E-state index in [0.29, 0.717) is 19.7 Å². The summed E-state index contributed by atoms with van der Waals surface area (Å²) in [6.45, 7) is 7.56. The lowest BCUT2D eigenvalue weighted by Crippen LogP contribution is -2.38. The van der Waals surface area contributed by atoms with E-state index in [-0.39, 0.29) is 6.10 Å². The van der Waals surface area contributed by atoms with Gasteiger partial charge < -0.3 is 29.6 Å². The number of rotatable bonds is 10. The molecule has 0 aromatic heterocycles. The lowest BCUT2D eigenvalue weighted by atomic mass is 10.1. The van der Waals surface area contributed by atoms with Crippen LogP contribution in [0.2, 0.25) is 0 Å². The molecule has 1 heterocycles. The zero-order valence-electron chi connectivity index (χ0n) is 19.6.